The summed E-state index contributed by atoms with van der Waals surface area (Å²) in [7, 11) is 0. The first kappa shape index (κ1) is 11.6. The Labute approximate surface area is 106 Å². The third-order valence-corrected chi connectivity index (χ3v) is 2.56. The lowest BCUT2D eigenvalue weighted by Gasteiger charge is -1.99. The van der Waals surface area contributed by atoms with Crippen LogP contribution in [0.5, 0.6) is 0 Å². The molecule has 0 saturated carbocycles. The smallest absolute Gasteiger partial charge is 0.0998 e. The Balaban J connectivity index is 2.36. The molecule has 0 atom stereocenters. The summed E-state index contributed by atoms with van der Waals surface area (Å²) in [5.41, 5.74) is 3.03. The summed E-state index contributed by atoms with van der Waals surface area (Å²) in [5, 5.41) is 17.9. The van der Waals surface area contributed by atoms with E-state index in [0.29, 0.717) is 11.1 Å². The van der Waals surface area contributed by atoms with Crippen LogP contribution in [-0.4, -0.2) is 0 Å². The second kappa shape index (κ2) is 5.48. The molecule has 0 radical (unpaired) electrons. The minimum atomic E-state index is 0.611. The summed E-state index contributed by atoms with van der Waals surface area (Å²) in [6.07, 6.45) is 1.82. The minimum absolute atomic E-state index is 0.611. The van der Waals surface area contributed by atoms with Gasteiger partial charge in [0.2, 0.25) is 0 Å². The van der Waals surface area contributed by atoms with Crippen LogP contribution in [0.25, 0.3) is 11.6 Å². The molecule has 18 heavy (non-hydrogen) atoms. The van der Waals surface area contributed by atoms with Crippen molar-refractivity contribution in [2.75, 3.05) is 0 Å². The molecule has 0 heterocycles. The molecule has 84 valence electrons. The van der Waals surface area contributed by atoms with E-state index in [-0.39, 0.29) is 0 Å². The zero-order valence-corrected chi connectivity index (χ0v) is 9.67. The van der Waals surface area contributed by atoms with E-state index in [4.69, 9.17) is 5.26 Å². The average Bonchev–Trinajstić information content (AvgIpc) is 2.46. The molecule has 0 aliphatic heterocycles. The molecule has 0 spiro atoms. The lowest BCUT2D eigenvalue weighted by atomic mass is 10.0. The Kier molecular flexibility index (Phi) is 3.54. The fourth-order valence-electron chi connectivity index (χ4n) is 1.62. The van der Waals surface area contributed by atoms with Gasteiger partial charge in [0.1, 0.15) is 0 Å². The Morgan fingerprint density at radius 2 is 1.56 bits per heavy atom. The van der Waals surface area contributed by atoms with Crippen molar-refractivity contribution in [3.63, 3.8) is 0 Å². The number of hydrogen-bond donors (Lipinski definition) is 0. The van der Waals surface area contributed by atoms with Crippen LogP contribution >= 0.6 is 0 Å². The normalized spacial score (nSPS) is 10.4. The molecule has 2 heteroatoms. The summed E-state index contributed by atoms with van der Waals surface area (Å²) >= 11 is 0. The Bertz CT molecular complexity index is 638. The second-order valence-electron chi connectivity index (χ2n) is 3.77. The number of rotatable bonds is 2. The standard InChI is InChI=1S/C16H10N2/c17-11-14-8-6-13(7-9-14)10-16(12-18)15-4-2-1-3-5-15/h1-10H/b16-10-. The fraction of sp³-hybridized carbons (Fsp3) is 0. The van der Waals surface area contributed by atoms with Gasteiger partial charge in [0.25, 0.3) is 0 Å². The third-order valence-electron chi connectivity index (χ3n) is 2.56. The highest BCUT2D eigenvalue weighted by Gasteiger charge is 1.99. The fourth-order valence-corrected chi connectivity index (χ4v) is 1.62. The Morgan fingerprint density at radius 1 is 0.889 bits per heavy atom. The maximum atomic E-state index is 9.17. The van der Waals surface area contributed by atoms with Gasteiger partial charge in [-0.15, -0.1) is 0 Å². The van der Waals surface area contributed by atoms with E-state index in [1.165, 1.54) is 0 Å². The SMILES string of the molecule is N#C/C(=C/c1ccc(C#N)cc1)c1ccccc1. The molecule has 0 aromatic heterocycles. The van der Waals surface area contributed by atoms with Gasteiger partial charge >= 0.3 is 0 Å². The minimum Gasteiger partial charge on any atom is -0.192 e. The molecule has 2 aromatic carbocycles. The van der Waals surface area contributed by atoms with Crippen LogP contribution in [0.1, 0.15) is 16.7 Å². The summed E-state index contributed by atoms with van der Waals surface area (Å²) in [6, 6.07) is 20.9. The molecular weight excluding hydrogens is 220 g/mol. The van der Waals surface area contributed by atoms with Crippen molar-refractivity contribution in [1.82, 2.24) is 0 Å². The van der Waals surface area contributed by atoms with E-state index in [0.717, 1.165) is 11.1 Å². The van der Waals surface area contributed by atoms with E-state index in [1.807, 2.05) is 48.5 Å². The van der Waals surface area contributed by atoms with E-state index in [1.54, 1.807) is 12.1 Å². The predicted molar refractivity (Wildman–Crippen MR) is 71.1 cm³/mol. The second-order valence-corrected chi connectivity index (χ2v) is 3.77. The van der Waals surface area contributed by atoms with Crippen molar-refractivity contribution < 1.29 is 0 Å². The topological polar surface area (TPSA) is 47.6 Å². The van der Waals surface area contributed by atoms with Crippen LogP contribution in [-0.2, 0) is 0 Å². The maximum Gasteiger partial charge on any atom is 0.0998 e. The van der Waals surface area contributed by atoms with Gasteiger partial charge in [-0.25, -0.2) is 0 Å². The molecule has 2 nitrogen and oxygen atoms in total. The summed E-state index contributed by atoms with van der Waals surface area (Å²) in [5.74, 6) is 0. The first-order valence-corrected chi connectivity index (χ1v) is 5.51. The molecular formula is C16H10N2. The first-order valence-electron chi connectivity index (χ1n) is 5.51. The van der Waals surface area contributed by atoms with Gasteiger partial charge in [0.15, 0.2) is 0 Å². The van der Waals surface area contributed by atoms with Crippen LogP contribution in [0.4, 0.5) is 0 Å². The molecule has 0 bridgehead atoms. The molecule has 0 unspecified atom stereocenters. The van der Waals surface area contributed by atoms with E-state index >= 15 is 0 Å². The highest BCUT2D eigenvalue weighted by Crippen LogP contribution is 2.17. The van der Waals surface area contributed by atoms with Crippen LogP contribution in [0.15, 0.2) is 54.6 Å². The number of hydrogen-bond acceptors (Lipinski definition) is 2. The number of allylic oxidation sites excluding steroid dienone is 1. The van der Waals surface area contributed by atoms with Crippen LogP contribution in [0.3, 0.4) is 0 Å². The van der Waals surface area contributed by atoms with Crippen molar-refractivity contribution >= 4 is 11.6 Å². The molecule has 0 saturated heterocycles. The number of nitrogens with zero attached hydrogens (tertiary/aromatic N) is 2. The van der Waals surface area contributed by atoms with Crippen LogP contribution < -0.4 is 0 Å². The largest absolute Gasteiger partial charge is 0.192 e. The Morgan fingerprint density at radius 3 is 2.11 bits per heavy atom. The predicted octanol–water partition coefficient (Wildman–Crippen LogP) is 3.62. The maximum absolute atomic E-state index is 9.17. The first-order chi connectivity index (χ1) is 8.83. The van der Waals surface area contributed by atoms with Crippen molar-refractivity contribution in [3.8, 4) is 12.1 Å². The van der Waals surface area contributed by atoms with Crippen molar-refractivity contribution in [3.05, 3.63) is 71.3 Å². The molecule has 0 fully saturated rings. The molecule has 2 aromatic rings. The van der Waals surface area contributed by atoms with Gasteiger partial charge in [-0.05, 0) is 29.3 Å². The zero-order chi connectivity index (χ0) is 12.8. The summed E-state index contributed by atoms with van der Waals surface area (Å²) in [4.78, 5) is 0. The van der Waals surface area contributed by atoms with Gasteiger partial charge in [0.05, 0.1) is 23.3 Å². The molecule has 0 amide bonds. The van der Waals surface area contributed by atoms with Gasteiger partial charge < -0.3 is 0 Å². The van der Waals surface area contributed by atoms with Gasteiger partial charge in [-0.3, -0.25) is 0 Å². The lowest BCUT2D eigenvalue weighted by molar-refractivity contribution is 1.48. The zero-order valence-electron chi connectivity index (χ0n) is 9.67. The van der Waals surface area contributed by atoms with Gasteiger partial charge in [0, 0.05) is 0 Å². The summed E-state index contributed by atoms with van der Waals surface area (Å²) < 4.78 is 0. The molecule has 0 aliphatic carbocycles. The monoisotopic (exact) mass is 230 g/mol. The average molecular weight is 230 g/mol. The van der Waals surface area contributed by atoms with E-state index < -0.39 is 0 Å². The number of nitriles is 2. The number of benzene rings is 2. The van der Waals surface area contributed by atoms with Crippen LogP contribution in [0, 0.1) is 22.7 Å². The van der Waals surface area contributed by atoms with Crippen molar-refractivity contribution in [2.45, 2.75) is 0 Å². The molecule has 0 aliphatic rings. The van der Waals surface area contributed by atoms with Crippen molar-refractivity contribution in [2.24, 2.45) is 0 Å². The van der Waals surface area contributed by atoms with Crippen molar-refractivity contribution in [1.29, 1.82) is 10.5 Å². The quantitative estimate of drug-likeness (QED) is 0.584. The van der Waals surface area contributed by atoms with E-state index in [9.17, 15) is 5.26 Å². The lowest BCUT2D eigenvalue weighted by Crippen LogP contribution is -1.81. The van der Waals surface area contributed by atoms with E-state index in [2.05, 4.69) is 12.1 Å². The highest BCUT2D eigenvalue weighted by atomic mass is 14.2. The van der Waals surface area contributed by atoms with Gasteiger partial charge in [-0.2, -0.15) is 10.5 Å². The molecule has 2 rings (SSSR count). The summed E-state index contributed by atoms with van der Waals surface area (Å²) in [6.45, 7) is 0. The van der Waals surface area contributed by atoms with Crippen LogP contribution in [0.2, 0.25) is 0 Å². The Hall–Kier alpha value is -2.84. The highest BCUT2D eigenvalue weighted by molar-refractivity contribution is 5.89. The third kappa shape index (κ3) is 2.64. The molecule has 0 N–H and O–H groups in total. The van der Waals surface area contributed by atoms with Gasteiger partial charge in [-0.1, -0.05) is 42.5 Å².